The van der Waals surface area contributed by atoms with Crippen LogP contribution in [-0.2, 0) is 16.4 Å². The molecule has 0 aliphatic rings. The molecule has 146 valence electrons. The quantitative estimate of drug-likeness (QED) is 0.679. The number of aromatic nitrogens is 3. The molecule has 2 N–H and O–H groups in total. The predicted molar refractivity (Wildman–Crippen MR) is 105 cm³/mol. The van der Waals surface area contributed by atoms with Gasteiger partial charge in [0.2, 0.25) is 0 Å². The second-order valence-electron chi connectivity index (χ2n) is 6.26. The molecule has 0 saturated heterocycles. The van der Waals surface area contributed by atoms with Crippen molar-refractivity contribution >= 4 is 9.84 Å². The van der Waals surface area contributed by atoms with Crippen LogP contribution in [0, 0.1) is 0 Å². The number of benzene rings is 2. The van der Waals surface area contributed by atoms with Crippen LogP contribution in [-0.4, -0.2) is 35.6 Å². The Morgan fingerprint density at radius 2 is 1.89 bits per heavy atom. The maximum absolute atomic E-state index is 12.7. The fourth-order valence-corrected chi connectivity index (χ4v) is 3.32. The molecule has 0 aliphatic carbocycles. The molecule has 9 heteroatoms. The number of hydrogen-bond donors (Lipinski definition) is 1. The van der Waals surface area contributed by atoms with Crippen LogP contribution in [0.25, 0.3) is 16.8 Å². The summed E-state index contributed by atoms with van der Waals surface area (Å²) in [6.07, 6.45) is 2.90. The lowest BCUT2D eigenvalue weighted by atomic mass is 10.1. The third-order valence-corrected chi connectivity index (χ3v) is 5.37. The molecule has 0 spiro atoms. The molecule has 3 rings (SSSR count). The molecule has 0 bridgehead atoms. The van der Waals surface area contributed by atoms with Crippen molar-refractivity contribution in [1.82, 2.24) is 14.3 Å². The molecule has 2 aromatic carbocycles. The fourth-order valence-electron chi connectivity index (χ4n) is 2.69. The Morgan fingerprint density at radius 3 is 2.50 bits per heavy atom. The second-order valence-corrected chi connectivity index (χ2v) is 8.28. The third-order valence-electron chi connectivity index (χ3n) is 4.24. The molecule has 1 aromatic heterocycles. The number of sulfone groups is 1. The minimum Gasteiger partial charge on any atom is -0.327 e. The largest absolute Gasteiger partial charge is 0.350 e. The smallest absolute Gasteiger partial charge is 0.327 e. The van der Waals surface area contributed by atoms with E-state index in [0.717, 1.165) is 22.1 Å². The highest BCUT2D eigenvalue weighted by Gasteiger charge is 2.10. The molecule has 0 aliphatic heterocycles. The zero-order chi connectivity index (χ0) is 20.3. The normalized spacial score (nSPS) is 12.3. The van der Waals surface area contributed by atoms with Gasteiger partial charge in [-0.15, -0.1) is 0 Å². The van der Waals surface area contributed by atoms with Gasteiger partial charge >= 0.3 is 5.69 Å². The van der Waals surface area contributed by atoms with Crippen molar-refractivity contribution in [2.24, 2.45) is 5.73 Å². The van der Waals surface area contributed by atoms with Gasteiger partial charge in [0.1, 0.15) is 6.33 Å². The van der Waals surface area contributed by atoms with Gasteiger partial charge in [-0.1, -0.05) is 24.3 Å². The van der Waals surface area contributed by atoms with Crippen LogP contribution < -0.4 is 11.4 Å². The van der Waals surface area contributed by atoms with Crippen molar-refractivity contribution in [1.29, 1.82) is 0 Å². The average Bonchev–Trinajstić information content (AvgIpc) is 3.06. The summed E-state index contributed by atoms with van der Waals surface area (Å²) in [4.78, 5) is 12.8. The minimum absolute atomic E-state index is 0.00520. The first-order chi connectivity index (χ1) is 13.3. The fraction of sp³-hybridized carbons (Fsp3) is 0.158. The molecule has 28 heavy (non-hydrogen) atoms. The van der Waals surface area contributed by atoms with Crippen molar-refractivity contribution in [2.45, 2.75) is 11.4 Å². The molecule has 7 nitrogen and oxygen atoms in total. The first-order valence-electron chi connectivity index (χ1n) is 8.37. The number of hydrogen-bond acceptors (Lipinski definition) is 5. The maximum Gasteiger partial charge on any atom is 0.350 e. The van der Waals surface area contributed by atoms with E-state index in [2.05, 4.69) is 5.10 Å². The summed E-state index contributed by atoms with van der Waals surface area (Å²) in [5.74, 6) is 0. The van der Waals surface area contributed by atoms with Gasteiger partial charge in [0.05, 0.1) is 23.5 Å². The lowest BCUT2D eigenvalue weighted by Crippen LogP contribution is -2.25. The molecule has 0 fully saturated rings. The summed E-state index contributed by atoms with van der Waals surface area (Å²) in [5.41, 5.74) is 7.46. The average molecular weight is 402 g/mol. The van der Waals surface area contributed by atoms with Gasteiger partial charge in [-0.3, -0.25) is 0 Å². The van der Waals surface area contributed by atoms with Crippen LogP contribution in [0.15, 0.2) is 76.5 Å². The molecular formula is C19H19FN4O3S. The first-order valence-corrected chi connectivity index (χ1v) is 10.3. The van der Waals surface area contributed by atoms with Crippen molar-refractivity contribution in [3.63, 3.8) is 0 Å². The number of rotatable bonds is 6. The van der Waals surface area contributed by atoms with E-state index in [1.165, 1.54) is 10.9 Å². The molecule has 0 saturated carbocycles. The molecule has 0 amide bonds. The van der Waals surface area contributed by atoms with Crippen LogP contribution in [0.3, 0.4) is 0 Å². The highest BCUT2D eigenvalue weighted by Crippen LogP contribution is 2.23. The lowest BCUT2D eigenvalue weighted by Gasteiger charge is -2.07. The van der Waals surface area contributed by atoms with E-state index < -0.39 is 15.5 Å². The van der Waals surface area contributed by atoms with Gasteiger partial charge in [-0.05, 0) is 41.0 Å². The van der Waals surface area contributed by atoms with Gasteiger partial charge in [-0.2, -0.15) is 5.10 Å². The Labute approximate surface area is 161 Å². The van der Waals surface area contributed by atoms with Gasteiger partial charge in [0.15, 0.2) is 9.84 Å². The highest BCUT2D eigenvalue weighted by molar-refractivity contribution is 7.90. The predicted octanol–water partition coefficient (Wildman–Crippen LogP) is 1.92. The van der Waals surface area contributed by atoms with E-state index in [4.69, 9.17) is 5.73 Å². The second kappa shape index (κ2) is 7.91. The van der Waals surface area contributed by atoms with Crippen LogP contribution >= 0.6 is 0 Å². The third kappa shape index (κ3) is 4.10. The molecule has 1 heterocycles. The van der Waals surface area contributed by atoms with E-state index >= 15 is 0 Å². The summed E-state index contributed by atoms with van der Waals surface area (Å²) in [6, 6.07) is 13.7. The monoisotopic (exact) mass is 402 g/mol. The van der Waals surface area contributed by atoms with Crippen molar-refractivity contribution < 1.29 is 12.8 Å². The van der Waals surface area contributed by atoms with E-state index in [1.54, 1.807) is 42.5 Å². The SMILES string of the molecule is CS(=O)(=O)c1ccc(-c2cccc(-n3cnn(C/C(=C\F)CN)c3=O)c2)cc1. The van der Waals surface area contributed by atoms with Crippen molar-refractivity contribution in [2.75, 3.05) is 12.8 Å². The molecule has 3 aromatic rings. The van der Waals surface area contributed by atoms with Gasteiger partial charge < -0.3 is 5.73 Å². The summed E-state index contributed by atoms with van der Waals surface area (Å²) < 4.78 is 38.4. The number of nitrogens with two attached hydrogens (primary N) is 1. The first kappa shape index (κ1) is 19.7. The standard InChI is InChI=1S/C19H19FN4O3S/c1-28(26,27)18-7-5-15(6-8-18)16-3-2-4-17(9-16)23-13-22-24(19(23)25)12-14(10-20)11-21/h2-10,13H,11-12,21H2,1H3/b14-10-. The van der Waals surface area contributed by atoms with Crippen LogP contribution in [0.4, 0.5) is 4.39 Å². The highest BCUT2D eigenvalue weighted by atomic mass is 32.2. The van der Waals surface area contributed by atoms with Crippen LogP contribution in [0.1, 0.15) is 0 Å². The van der Waals surface area contributed by atoms with Crippen molar-refractivity contribution in [3.05, 3.63) is 77.2 Å². The van der Waals surface area contributed by atoms with Crippen LogP contribution in [0.2, 0.25) is 0 Å². The molecular weight excluding hydrogens is 383 g/mol. The Hall–Kier alpha value is -3.04. The molecule has 0 radical (unpaired) electrons. The molecule has 0 unspecified atom stereocenters. The van der Waals surface area contributed by atoms with Crippen molar-refractivity contribution in [3.8, 4) is 16.8 Å². The summed E-state index contributed by atoms with van der Waals surface area (Å²) in [7, 11) is -3.27. The summed E-state index contributed by atoms with van der Waals surface area (Å²) in [6.45, 7) is -0.0275. The van der Waals surface area contributed by atoms with Gasteiger partial charge in [0, 0.05) is 12.8 Å². The lowest BCUT2D eigenvalue weighted by molar-refractivity contribution is 0.602. The van der Waals surface area contributed by atoms with Gasteiger partial charge in [0.25, 0.3) is 0 Å². The van der Waals surface area contributed by atoms with Crippen LogP contribution in [0.5, 0.6) is 0 Å². The van der Waals surface area contributed by atoms with E-state index in [9.17, 15) is 17.6 Å². The Bertz CT molecular complexity index is 1180. The van der Waals surface area contributed by atoms with E-state index in [-0.39, 0.29) is 23.6 Å². The topological polar surface area (TPSA) is 100.0 Å². The molecule has 0 atom stereocenters. The summed E-state index contributed by atoms with van der Waals surface area (Å²) in [5, 5.41) is 4.01. The zero-order valence-electron chi connectivity index (χ0n) is 15.1. The Balaban J connectivity index is 1.94. The van der Waals surface area contributed by atoms with E-state index in [0.29, 0.717) is 12.0 Å². The Kier molecular flexibility index (Phi) is 5.57. The van der Waals surface area contributed by atoms with Gasteiger partial charge in [-0.25, -0.2) is 26.9 Å². The number of nitrogens with zero attached hydrogens (tertiary/aromatic N) is 3. The van der Waals surface area contributed by atoms with E-state index in [1.807, 2.05) is 6.07 Å². The Morgan fingerprint density at radius 1 is 1.18 bits per heavy atom. The minimum atomic E-state index is -3.27. The maximum atomic E-state index is 12.7. The summed E-state index contributed by atoms with van der Waals surface area (Å²) >= 11 is 0. The number of halogens is 1. The zero-order valence-corrected chi connectivity index (χ0v) is 15.9.